The average Bonchev–Trinajstić information content (AvgIpc) is 2.69. The van der Waals surface area contributed by atoms with Crippen LogP contribution in [0.3, 0.4) is 0 Å². The Morgan fingerprint density at radius 2 is 1.72 bits per heavy atom. The summed E-state index contributed by atoms with van der Waals surface area (Å²) in [5, 5.41) is 9.93. The molecular weight excluding hydrogens is 426 g/mol. The molecule has 8 heteroatoms. The highest BCUT2D eigenvalue weighted by molar-refractivity contribution is 8.19. The Hall–Kier alpha value is -1.48. The van der Waals surface area contributed by atoms with Crippen LogP contribution in [0.1, 0.15) is 24.0 Å². The molecule has 0 spiro atoms. The smallest absolute Gasteiger partial charge is 0.330 e. The molecule has 1 fully saturated rings. The molecule has 1 aliphatic rings. The summed E-state index contributed by atoms with van der Waals surface area (Å²) in [5.41, 5.74) is 1.94. The number of thioether (sulfide) groups is 2. The van der Waals surface area contributed by atoms with Gasteiger partial charge in [0.15, 0.2) is 4.08 Å². The van der Waals surface area contributed by atoms with E-state index in [1.807, 2.05) is 37.3 Å². The van der Waals surface area contributed by atoms with Gasteiger partial charge in [0.2, 0.25) is 10.0 Å². The van der Waals surface area contributed by atoms with Crippen molar-refractivity contribution in [3.8, 4) is 0 Å². The van der Waals surface area contributed by atoms with Crippen LogP contribution in [0, 0.1) is 6.92 Å². The lowest BCUT2D eigenvalue weighted by atomic mass is 10.0. The number of rotatable bonds is 8. The van der Waals surface area contributed by atoms with Crippen molar-refractivity contribution in [3.05, 3.63) is 65.7 Å². The van der Waals surface area contributed by atoms with Gasteiger partial charge in [0.25, 0.3) is 0 Å². The predicted octanol–water partition coefficient (Wildman–Crippen LogP) is 3.93. The molecule has 5 nitrogen and oxygen atoms in total. The van der Waals surface area contributed by atoms with Gasteiger partial charge >= 0.3 is 5.97 Å². The third-order valence-electron chi connectivity index (χ3n) is 4.78. The van der Waals surface area contributed by atoms with E-state index in [2.05, 4.69) is 4.72 Å². The highest BCUT2D eigenvalue weighted by Crippen LogP contribution is 2.46. The maximum atomic E-state index is 13.0. The largest absolute Gasteiger partial charge is 0.480 e. The van der Waals surface area contributed by atoms with Gasteiger partial charge in [-0.05, 0) is 55.4 Å². The molecule has 1 aliphatic heterocycles. The summed E-state index contributed by atoms with van der Waals surface area (Å²) in [4.78, 5) is 12.3. The third kappa shape index (κ3) is 5.78. The summed E-state index contributed by atoms with van der Waals surface area (Å²) in [5.74, 6) is 0.643. The topological polar surface area (TPSA) is 83.5 Å². The first-order valence-corrected chi connectivity index (χ1v) is 12.9. The van der Waals surface area contributed by atoms with Gasteiger partial charge in [-0.15, -0.1) is 23.5 Å². The van der Waals surface area contributed by atoms with Gasteiger partial charge in [-0.1, -0.05) is 48.0 Å². The van der Waals surface area contributed by atoms with Crippen LogP contribution in [0.25, 0.3) is 0 Å². The normalized spacial score (nSPS) is 17.6. The second kappa shape index (κ2) is 9.55. The van der Waals surface area contributed by atoms with Crippen molar-refractivity contribution < 1.29 is 18.3 Å². The monoisotopic (exact) mass is 451 g/mol. The molecule has 1 saturated heterocycles. The maximum Gasteiger partial charge on any atom is 0.330 e. The number of carboxylic acids is 1. The van der Waals surface area contributed by atoms with Crippen LogP contribution in [0.4, 0.5) is 0 Å². The van der Waals surface area contributed by atoms with Crippen molar-refractivity contribution in [2.75, 3.05) is 11.5 Å². The lowest BCUT2D eigenvalue weighted by Gasteiger charge is -2.35. The van der Waals surface area contributed by atoms with Crippen LogP contribution < -0.4 is 4.72 Å². The van der Waals surface area contributed by atoms with Crippen LogP contribution in [0.5, 0.6) is 0 Å². The molecular formula is C21H25NO4S3. The lowest BCUT2D eigenvalue weighted by molar-refractivity contribution is -0.137. The average molecular weight is 452 g/mol. The van der Waals surface area contributed by atoms with Crippen molar-refractivity contribution >= 4 is 39.5 Å². The van der Waals surface area contributed by atoms with Gasteiger partial charge in [0.1, 0.15) is 0 Å². The lowest BCUT2D eigenvalue weighted by Crippen LogP contribution is -2.45. The third-order valence-corrected chi connectivity index (χ3v) is 9.62. The molecule has 0 radical (unpaired) electrons. The summed E-state index contributed by atoms with van der Waals surface area (Å²) in [6, 6.07) is 15.7. The van der Waals surface area contributed by atoms with Gasteiger partial charge < -0.3 is 5.11 Å². The zero-order valence-corrected chi connectivity index (χ0v) is 18.7. The number of carboxylic acid groups (broad SMARTS) is 1. The van der Waals surface area contributed by atoms with Crippen molar-refractivity contribution in [3.63, 3.8) is 0 Å². The minimum absolute atomic E-state index is 0.189. The zero-order valence-electron chi connectivity index (χ0n) is 16.2. The minimum Gasteiger partial charge on any atom is -0.480 e. The second-order valence-electron chi connectivity index (χ2n) is 7.13. The summed E-state index contributed by atoms with van der Waals surface area (Å²) in [7, 11) is -3.76. The molecule has 2 aromatic carbocycles. The Bertz CT molecular complexity index is 924. The summed E-state index contributed by atoms with van der Waals surface area (Å²) < 4.78 is 27.7. The molecule has 156 valence electrons. The van der Waals surface area contributed by atoms with Crippen LogP contribution in [0.2, 0.25) is 0 Å². The van der Waals surface area contributed by atoms with Gasteiger partial charge in [0, 0.05) is 6.04 Å². The number of benzene rings is 2. The highest BCUT2D eigenvalue weighted by atomic mass is 32.2. The molecule has 2 N–H and O–H groups in total. The Labute approximate surface area is 180 Å². The molecule has 29 heavy (non-hydrogen) atoms. The van der Waals surface area contributed by atoms with E-state index in [9.17, 15) is 18.3 Å². The maximum absolute atomic E-state index is 13.0. The van der Waals surface area contributed by atoms with E-state index in [0.29, 0.717) is 6.42 Å². The minimum atomic E-state index is -3.76. The van der Waals surface area contributed by atoms with Crippen LogP contribution in [-0.4, -0.2) is 41.1 Å². The van der Waals surface area contributed by atoms with Crippen molar-refractivity contribution in [2.45, 2.75) is 41.2 Å². The molecule has 1 atom stereocenters. The number of carbonyl (C=O) groups is 1. The van der Waals surface area contributed by atoms with E-state index >= 15 is 0 Å². The number of aryl methyl sites for hydroxylation is 1. The fraction of sp³-hybridized carbons (Fsp3) is 0.381. The summed E-state index contributed by atoms with van der Waals surface area (Å²) >= 11 is 2.82. The molecule has 0 bridgehead atoms. The molecule has 0 amide bonds. The number of sulfonamides is 1. The predicted molar refractivity (Wildman–Crippen MR) is 120 cm³/mol. The number of nitrogens with one attached hydrogen (secondary N) is 1. The zero-order chi connectivity index (χ0) is 20.9. The van der Waals surface area contributed by atoms with E-state index in [1.165, 1.54) is 23.5 Å². The molecule has 0 saturated carbocycles. The molecule has 0 unspecified atom stereocenters. The van der Waals surface area contributed by atoms with Crippen LogP contribution >= 0.6 is 23.5 Å². The van der Waals surface area contributed by atoms with Gasteiger partial charge in [-0.3, -0.25) is 0 Å². The fourth-order valence-electron chi connectivity index (χ4n) is 3.29. The quantitative estimate of drug-likeness (QED) is 0.633. The molecule has 1 heterocycles. The first kappa shape index (κ1) is 22.2. The van der Waals surface area contributed by atoms with Crippen molar-refractivity contribution in [2.24, 2.45) is 0 Å². The Morgan fingerprint density at radius 1 is 1.10 bits per heavy atom. The molecule has 2 aromatic rings. The Morgan fingerprint density at radius 3 is 2.31 bits per heavy atom. The van der Waals surface area contributed by atoms with Gasteiger partial charge in [0.05, 0.1) is 4.90 Å². The van der Waals surface area contributed by atoms with E-state index in [-0.39, 0.29) is 11.3 Å². The van der Waals surface area contributed by atoms with Crippen molar-refractivity contribution in [1.82, 2.24) is 4.72 Å². The van der Waals surface area contributed by atoms with E-state index in [4.69, 9.17) is 0 Å². The number of hydrogen-bond acceptors (Lipinski definition) is 5. The van der Waals surface area contributed by atoms with Crippen LogP contribution in [-0.2, 0) is 21.2 Å². The first-order chi connectivity index (χ1) is 13.8. The number of aliphatic carboxylic acids is 1. The van der Waals surface area contributed by atoms with E-state index in [0.717, 1.165) is 29.1 Å². The molecule has 0 aromatic heterocycles. The highest BCUT2D eigenvalue weighted by Gasteiger charge is 2.44. The van der Waals surface area contributed by atoms with Crippen LogP contribution in [0.15, 0.2) is 59.5 Å². The SMILES string of the molecule is Cc1ccc(S(=O)(=O)N[C@@H](Cc2ccccc2)CC2(C(=O)O)SCCCS2)cc1. The second-order valence-corrected chi connectivity index (χ2v) is 11.9. The molecule has 0 aliphatic carbocycles. The molecule has 3 rings (SSSR count). The Balaban J connectivity index is 1.88. The summed E-state index contributed by atoms with van der Waals surface area (Å²) in [6.07, 6.45) is 1.61. The van der Waals surface area contributed by atoms with Gasteiger partial charge in [-0.2, -0.15) is 0 Å². The standard InChI is InChI=1S/C21H25NO4S3/c1-16-8-10-19(11-9-16)29(25,26)22-18(14-17-6-3-2-4-7-17)15-21(20(23)24)27-12-5-13-28-21/h2-4,6-11,18,22H,5,12-15H2,1H3,(H,23,24)/t18-/m0/s1. The van der Waals surface area contributed by atoms with E-state index in [1.54, 1.807) is 24.3 Å². The fourth-order valence-corrected chi connectivity index (χ4v) is 7.66. The van der Waals surface area contributed by atoms with E-state index < -0.39 is 26.1 Å². The van der Waals surface area contributed by atoms with Gasteiger partial charge in [-0.25, -0.2) is 17.9 Å². The first-order valence-electron chi connectivity index (χ1n) is 9.45. The Kier molecular flexibility index (Phi) is 7.32. The summed E-state index contributed by atoms with van der Waals surface area (Å²) in [6.45, 7) is 1.90. The number of hydrogen-bond donors (Lipinski definition) is 2. The van der Waals surface area contributed by atoms with Crippen molar-refractivity contribution in [1.29, 1.82) is 0 Å².